The normalized spacial score (nSPS) is 26.7. The van der Waals surface area contributed by atoms with Crippen LogP contribution in [0.25, 0.3) is 16.9 Å². The van der Waals surface area contributed by atoms with Crippen molar-refractivity contribution in [2.75, 3.05) is 5.32 Å². The summed E-state index contributed by atoms with van der Waals surface area (Å²) in [5.41, 5.74) is 2.89. The number of ketones is 1. The van der Waals surface area contributed by atoms with E-state index in [1.807, 2.05) is 77.6 Å². The predicted octanol–water partition coefficient (Wildman–Crippen LogP) is 8.18. The topological polar surface area (TPSA) is 110 Å². The molecule has 2 unspecified atom stereocenters. The van der Waals surface area contributed by atoms with Gasteiger partial charge in [0.2, 0.25) is 5.91 Å². The first-order chi connectivity index (χ1) is 24.4. The minimum atomic E-state index is -1.42. The Labute approximate surface area is 294 Å². The van der Waals surface area contributed by atoms with E-state index in [1.54, 1.807) is 24.3 Å². The second-order valence-electron chi connectivity index (χ2n) is 14.0. The lowest BCUT2D eigenvalue weighted by atomic mass is 9.67. The molecule has 1 saturated carbocycles. The molecule has 0 radical (unpaired) electrons. The highest BCUT2D eigenvalue weighted by Crippen LogP contribution is 2.65. The van der Waals surface area contributed by atoms with Gasteiger partial charge in [-0.2, -0.15) is 5.10 Å². The van der Waals surface area contributed by atoms with Crippen molar-refractivity contribution in [3.05, 3.63) is 141 Å². The second-order valence-corrected chi connectivity index (χ2v) is 14.4. The fourth-order valence-corrected chi connectivity index (χ4v) is 9.93. The molecule has 1 aliphatic carbocycles. The number of hydrogen-bond donors (Lipinski definition) is 1. The average Bonchev–Trinajstić information content (AvgIpc) is 3.88. The molecule has 1 amide bonds. The van der Waals surface area contributed by atoms with Crippen LogP contribution in [0.5, 0.6) is 0 Å². The Kier molecular flexibility index (Phi) is 7.26. The Balaban J connectivity index is 1.36. The lowest BCUT2D eigenvalue weighted by Crippen LogP contribution is -2.56. The number of benzene rings is 4. The lowest BCUT2D eigenvalue weighted by Gasteiger charge is -2.43. The molecule has 4 aliphatic rings. The number of fused-ring (bicyclic) bond motifs is 6. The van der Waals surface area contributed by atoms with Crippen molar-refractivity contribution in [1.29, 1.82) is 0 Å². The van der Waals surface area contributed by atoms with E-state index in [1.165, 1.54) is 12.1 Å². The van der Waals surface area contributed by atoms with Gasteiger partial charge >= 0.3 is 0 Å². The number of nitro benzene ring substituents is 1. The molecule has 0 bridgehead atoms. The first-order valence-electron chi connectivity index (χ1n) is 17.3. The Morgan fingerprint density at radius 2 is 1.64 bits per heavy atom. The molecule has 1 spiro atoms. The van der Waals surface area contributed by atoms with Crippen LogP contribution in [0.2, 0.25) is 5.02 Å². The molecule has 6 atom stereocenters. The van der Waals surface area contributed by atoms with E-state index in [0.29, 0.717) is 22.2 Å². The smallest absolute Gasteiger partial charge is 0.280 e. The Bertz CT molecular complexity index is 2170. The van der Waals surface area contributed by atoms with Gasteiger partial charge in [-0.25, -0.2) is 4.68 Å². The number of nitrogens with one attached hydrogen (secondary N) is 1. The minimum absolute atomic E-state index is 0.000156. The molecule has 3 fully saturated rings. The standard InChI is InChI=1S/C40H34ClN5O4/c41-26-19-20-30-31(22-26)42-39(48)40(30)36(38(47)28-16-8-10-18-33(28)46(49)50)35(34-21-25-13-7-9-17-32(25)45(34)40)29-23-44(27-14-5-2-6-15-27)43-37(29)24-11-3-1-4-12-24/h1-6,8,10-12,14-16,18-20,22-23,25,32,34-36H,7,9,13,17,21H2,(H,42,48)/t25?,32?,34-,35+,36+,40-/m0/s1. The van der Waals surface area contributed by atoms with E-state index in [-0.39, 0.29) is 29.2 Å². The maximum absolute atomic E-state index is 15.5. The molecule has 10 heteroatoms. The van der Waals surface area contributed by atoms with Crippen molar-refractivity contribution < 1.29 is 14.5 Å². The molecule has 1 N–H and O–H groups in total. The van der Waals surface area contributed by atoms with Crippen molar-refractivity contribution in [2.45, 2.75) is 55.6 Å². The average molecular weight is 684 g/mol. The van der Waals surface area contributed by atoms with Crippen molar-refractivity contribution in [3.8, 4) is 16.9 Å². The van der Waals surface area contributed by atoms with Crippen LogP contribution in [-0.4, -0.2) is 43.4 Å². The number of nitro groups is 1. The molecule has 3 aliphatic heterocycles. The van der Waals surface area contributed by atoms with Crippen molar-refractivity contribution in [3.63, 3.8) is 0 Å². The first kappa shape index (κ1) is 30.9. The molecule has 1 aromatic heterocycles. The van der Waals surface area contributed by atoms with E-state index in [9.17, 15) is 10.1 Å². The lowest BCUT2D eigenvalue weighted by molar-refractivity contribution is -0.385. The number of Topliss-reactive ketones (excluding diaryl/α,β-unsaturated/α-hetero) is 1. The summed E-state index contributed by atoms with van der Waals surface area (Å²) >= 11 is 6.49. The number of para-hydroxylation sites is 2. The SMILES string of the molecule is O=C(c1ccccc1[N+](=O)[O-])[C@H]1[C@H](c2cn(-c3ccccc3)nc2-c2ccccc2)[C@@H]2CC3CCCCC3N2[C@]12C(=O)Nc1cc(Cl)ccc12. The zero-order valence-corrected chi connectivity index (χ0v) is 27.9. The summed E-state index contributed by atoms with van der Waals surface area (Å²) in [6.45, 7) is 0. The maximum Gasteiger partial charge on any atom is 0.280 e. The molecule has 4 heterocycles. The Hall–Kier alpha value is -5.12. The van der Waals surface area contributed by atoms with Gasteiger partial charge in [0.15, 0.2) is 5.78 Å². The highest BCUT2D eigenvalue weighted by Gasteiger charge is 2.73. The van der Waals surface area contributed by atoms with E-state index in [2.05, 4.69) is 10.2 Å². The monoisotopic (exact) mass is 683 g/mol. The molecular formula is C40H34ClN5O4. The van der Waals surface area contributed by atoms with Crippen molar-refractivity contribution >= 4 is 34.7 Å². The number of carbonyl (C=O) groups is 2. The molecule has 4 aromatic carbocycles. The fourth-order valence-electron chi connectivity index (χ4n) is 9.75. The van der Waals surface area contributed by atoms with Gasteiger partial charge in [-0.1, -0.05) is 91.2 Å². The van der Waals surface area contributed by atoms with Crippen LogP contribution in [0.4, 0.5) is 11.4 Å². The summed E-state index contributed by atoms with van der Waals surface area (Å²) in [7, 11) is 0. The van der Waals surface area contributed by atoms with Gasteiger partial charge in [-0.05, 0) is 55.5 Å². The molecule has 5 aromatic rings. The van der Waals surface area contributed by atoms with Crippen molar-refractivity contribution in [1.82, 2.24) is 14.7 Å². The van der Waals surface area contributed by atoms with Gasteiger partial charge in [0.25, 0.3) is 5.69 Å². The van der Waals surface area contributed by atoms with Crippen LogP contribution in [0, 0.1) is 22.0 Å². The fraction of sp³-hybridized carbons (Fsp3) is 0.275. The predicted molar refractivity (Wildman–Crippen MR) is 190 cm³/mol. The number of nitrogens with zero attached hydrogens (tertiary/aromatic N) is 4. The van der Waals surface area contributed by atoms with Crippen LogP contribution >= 0.6 is 11.6 Å². The Morgan fingerprint density at radius 1 is 0.920 bits per heavy atom. The van der Waals surface area contributed by atoms with Crippen LogP contribution in [0.15, 0.2) is 109 Å². The van der Waals surface area contributed by atoms with E-state index in [4.69, 9.17) is 16.7 Å². The minimum Gasteiger partial charge on any atom is -0.324 e. The van der Waals surface area contributed by atoms with E-state index >= 15 is 9.59 Å². The zero-order valence-electron chi connectivity index (χ0n) is 27.1. The highest BCUT2D eigenvalue weighted by atomic mass is 35.5. The third-order valence-corrected chi connectivity index (χ3v) is 11.8. The van der Waals surface area contributed by atoms with E-state index in [0.717, 1.165) is 54.6 Å². The largest absolute Gasteiger partial charge is 0.324 e. The number of aromatic nitrogens is 2. The molecule has 2 saturated heterocycles. The van der Waals surface area contributed by atoms with Gasteiger partial charge in [0, 0.05) is 57.7 Å². The van der Waals surface area contributed by atoms with Crippen LogP contribution < -0.4 is 5.32 Å². The summed E-state index contributed by atoms with van der Waals surface area (Å²) in [5.74, 6) is -1.89. The number of hydrogen-bond acceptors (Lipinski definition) is 6. The van der Waals surface area contributed by atoms with Crippen molar-refractivity contribution in [2.24, 2.45) is 11.8 Å². The molecular weight excluding hydrogens is 650 g/mol. The molecule has 9 rings (SSSR count). The molecule has 250 valence electrons. The maximum atomic E-state index is 15.5. The van der Waals surface area contributed by atoms with Gasteiger partial charge < -0.3 is 5.32 Å². The number of anilines is 1. The first-order valence-corrected chi connectivity index (χ1v) is 17.6. The van der Waals surface area contributed by atoms with Crippen LogP contribution in [0.3, 0.4) is 0 Å². The number of carbonyl (C=O) groups excluding carboxylic acids is 2. The number of rotatable bonds is 6. The third-order valence-electron chi connectivity index (χ3n) is 11.6. The molecule has 50 heavy (non-hydrogen) atoms. The van der Waals surface area contributed by atoms with Crippen LogP contribution in [-0.2, 0) is 10.3 Å². The highest BCUT2D eigenvalue weighted by molar-refractivity contribution is 6.31. The zero-order chi connectivity index (χ0) is 34.1. The van der Waals surface area contributed by atoms with Gasteiger partial charge in [0.05, 0.1) is 27.8 Å². The summed E-state index contributed by atoms with van der Waals surface area (Å²) in [6, 6.07) is 31.1. The quantitative estimate of drug-likeness (QED) is 0.110. The second kappa shape index (κ2) is 11.7. The van der Waals surface area contributed by atoms with Gasteiger partial charge in [-0.15, -0.1) is 0 Å². The summed E-state index contributed by atoms with van der Waals surface area (Å²) < 4.78 is 1.85. The van der Waals surface area contributed by atoms with Crippen LogP contribution in [0.1, 0.15) is 59.5 Å². The number of halogens is 1. The number of amides is 1. The van der Waals surface area contributed by atoms with Gasteiger partial charge in [0.1, 0.15) is 5.54 Å². The summed E-state index contributed by atoms with van der Waals surface area (Å²) in [4.78, 5) is 44.8. The summed E-state index contributed by atoms with van der Waals surface area (Å²) in [6.07, 6.45) is 6.93. The van der Waals surface area contributed by atoms with Gasteiger partial charge in [-0.3, -0.25) is 24.6 Å². The third kappa shape index (κ3) is 4.46. The molecule has 9 nitrogen and oxygen atoms in total. The van der Waals surface area contributed by atoms with E-state index < -0.39 is 28.1 Å². The summed E-state index contributed by atoms with van der Waals surface area (Å²) in [5, 5.41) is 21.2. The Morgan fingerprint density at radius 3 is 2.42 bits per heavy atom.